The van der Waals surface area contributed by atoms with E-state index in [-0.39, 0.29) is 5.92 Å². The number of hydrogen-bond acceptors (Lipinski definition) is 2. The third kappa shape index (κ3) is 1.55. The summed E-state index contributed by atoms with van der Waals surface area (Å²) >= 11 is 0. The molecule has 0 aliphatic heterocycles. The Bertz CT molecular complexity index is 393. The number of hydrogen-bond donors (Lipinski definition) is 1. The second kappa shape index (κ2) is 3.66. The Balaban J connectivity index is 2.23. The van der Waals surface area contributed by atoms with E-state index < -0.39 is 0 Å². The van der Waals surface area contributed by atoms with E-state index in [1.807, 2.05) is 13.0 Å². The highest BCUT2D eigenvalue weighted by molar-refractivity contribution is 5.72. The first-order valence-corrected chi connectivity index (χ1v) is 4.77. The molecule has 0 heterocycles. The van der Waals surface area contributed by atoms with Crippen LogP contribution in [0.5, 0.6) is 0 Å². The average molecular weight is 187 g/mol. The van der Waals surface area contributed by atoms with Gasteiger partial charge in [0.15, 0.2) is 0 Å². The first kappa shape index (κ1) is 9.00. The molecule has 1 aliphatic carbocycles. The summed E-state index contributed by atoms with van der Waals surface area (Å²) in [7, 11) is 0. The van der Waals surface area contributed by atoms with Crippen LogP contribution in [0, 0.1) is 5.92 Å². The summed E-state index contributed by atoms with van der Waals surface area (Å²) < 4.78 is 0. The van der Waals surface area contributed by atoms with E-state index in [4.69, 9.17) is 5.21 Å². The molecule has 14 heavy (non-hydrogen) atoms. The maximum Gasteiger partial charge on any atom is 0.0504 e. The van der Waals surface area contributed by atoms with Crippen molar-refractivity contribution in [3.8, 4) is 0 Å². The van der Waals surface area contributed by atoms with Crippen LogP contribution in [0.1, 0.15) is 18.1 Å². The van der Waals surface area contributed by atoms with Crippen molar-refractivity contribution in [1.29, 1.82) is 0 Å². The van der Waals surface area contributed by atoms with Gasteiger partial charge in [-0.15, -0.1) is 5.16 Å². The highest BCUT2D eigenvalue weighted by Crippen LogP contribution is 2.28. The Morgan fingerprint density at radius 1 is 1.43 bits per heavy atom. The number of benzene rings is 1. The first-order chi connectivity index (χ1) is 6.81. The van der Waals surface area contributed by atoms with Gasteiger partial charge in [0.25, 0.3) is 0 Å². The van der Waals surface area contributed by atoms with Crippen molar-refractivity contribution in [2.45, 2.75) is 13.3 Å². The van der Waals surface area contributed by atoms with Gasteiger partial charge in [-0.3, -0.25) is 0 Å². The zero-order chi connectivity index (χ0) is 9.97. The summed E-state index contributed by atoms with van der Waals surface area (Å²) in [5.74, 6) is 0.215. The SMILES string of the molecule is CC(C=NO)C1=Cc2ccccc2C1. The van der Waals surface area contributed by atoms with E-state index >= 15 is 0 Å². The molecule has 0 aromatic heterocycles. The van der Waals surface area contributed by atoms with Gasteiger partial charge in [0.05, 0.1) is 6.21 Å². The van der Waals surface area contributed by atoms with Crippen LogP contribution in [-0.2, 0) is 6.42 Å². The maximum absolute atomic E-state index is 8.46. The van der Waals surface area contributed by atoms with Gasteiger partial charge < -0.3 is 5.21 Å². The molecule has 0 saturated carbocycles. The fourth-order valence-corrected chi connectivity index (χ4v) is 1.79. The summed E-state index contributed by atoms with van der Waals surface area (Å²) in [6, 6.07) is 8.36. The Morgan fingerprint density at radius 3 is 2.93 bits per heavy atom. The zero-order valence-electron chi connectivity index (χ0n) is 8.14. The Kier molecular flexibility index (Phi) is 2.35. The topological polar surface area (TPSA) is 32.6 Å². The van der Waals surface area contributed by atoms with Crippen molar-refractivity contribution >= 4 is 12.3 Å². The molecular weight excluding hydrogens is 174 g/mol. The van der Waals surface area contributed by atoms with Gasteiger partial charge in [0.2, 0.25) is 0 Å². The van der Waals surface area contributed by atoms with E-state index in [0.29, 0.717) is 0 Å². The zero-order valence-corrected chi connectivity index (χ0v) is 8.14. The minimum absolute atomic E-state index is 0.215. The molecule has 0 saturated heterocycles. The van der Waals surface area contributed by atoms with E-state index in [0.717, 1.165) is 6.42 Å². The summed E-state index contributed by atoms with van der Waals surface area (Å²) in [4.78, 5) is 0. The van der Waals surface area contributed by atoms with Crippen molar-refractivity contribution in [1.82, 2.24) is 0 Å². The van der Waals surface area contributed by atoms with Gasteiger partial charge in [-0.05, 0) is 17.5 Å². The minimum Gasteiger partial charge on any atom is -0.411 e. The fourth-order valence-electron chi connectivity index (χ4n) is 1.79. The van der Waals surface area contributed by atoms with Crippen LogP contribution < -0.4 is 0 Å². The van der Waals surface area contributed by atoms with Gasteiger partial charge in [-0.25, -0.2) is 0 Å². The second-order valence-corrected chi connectivity index (χ2v) is 3.65. The van der Waals surface area contributed by atoms with Crippen LogP contribution in [0.2, 0.25) is 0 Å². The van der Waals surface area contributed by atoms with Crippen LogP contribution >= 0.6 is 0 Å². The molecule has 1 aromatic rings. The van der Waals surface area contributed by atoms with Crippen LogP contribution in [0.15, 0.2) is 35.0 Å². The summed E-state index contributed by atoms with van der Waals surface area (Å²) in [6.45, 7) is 2.04. The molecule has 1 aliphatic rings. The van der Waals surface area contributed by atoms with Gasteiger partial charge in [0, 0.05) is 5.92 Å². The average Bonchev–Trinajstić information content (AvgIpc) is 2.61. The molecule has 1 unspecified atom stereocenters. The van der Waals surface area contributed by atoms with E-state index in [1.165, 1.54) is 16.7 Å². The number of rotatable bonds is 2. The molecule has 0 radical (unpaired) electrons. The molecule has 1 N–H and O–H groups in total. The normalized spacial score (nSPS) is 16.8. The Hall–Kier alpha value is -1.57. The number of oxime groups is 1. The van der Waals surface area contributed by atoms with Crippen LogP contribution in [0.4, 0.5) is 0 Å². The van der Waals surface area contributed by atoms with Crippen molar-refractivity contribution in [2.75, 3.05) is 0 Å². The first-order valence-electron chi connectivity index (χ1n) is 4.77. The smallest absolute Gasteiger partial charge is 0.0504 e. The van der Waals surface area contributed by atoms with Gasteiger partial charge >= 0.3 is 0 Å². The molecule has 2 heteroatoms. The number of nitrogens with zero attached hydrogens (tertiary/aromatic N) is 1. The maximum atomic E-state index is 8.46. The van der Waals surface area contributed by atoms with E-state index in [1.54, 1.807) is 6.21 Å². The van der Waals surface area contributed by atoms with Crippen molar-refractivity contribution in [2.24, 2.45) is 11.1 Å². The quantitative estimate of drug-likeness (QED) is 0.431. The monoisotopic (exact) mass is 187 g/mol. The molecule has 0 bridgehead atoms. The van der Waals surface area contributed by atoms with Crippen molar-refractivity contribution < 1.29 is 5.21 Å². The lowest BCUT2D eigenvalue weighted by molar-refractivity contribution is 0.319. The molecule has 1 aromatic carbocycles. The lowest BCUT2D eigenvalue weighted by Gasteiger charge is -2.04. The highest BCUT2D eigenvalue weighted by atomic mass is 16.4. The van der Waals surface area contributed by atoms with E-state index in [9.17, 15) is 0 Å². The molecule has 1 atom stereocenters. The van der Waals surface area contributed by atoms with Crippen molar-refractivity contribution in [3.63, 3.8) is 0 Å². The van der Waals surface area contributed by atoms with Crippen LogP contribution in [0.3, 0.4) is 0 Å². The lowest BCUT2D eigenvalue weighted by Crippen LogP contribution is -2.00. The van der Waals surface area contributed by atoms with Gasteiger partial charge in [-0.2, -0.15) is 0 Å². The predicted molar refractivity (Wildman–Crippen MR) is 57.6 cm³/mol. The largest absolute Gasteiger partial charge is 0.411 e. The molecule has 2 nitrogen and oxygen atoms in total. The molecule has 2 rings (SSSR count). The molecular formula is C12H13NO. The summed E-state index contributed by atoms with van der Waals surface area (Å²) in [5.41, 5.74) is 3.96. The highest BCUT2D eigenvalue weighted by Gasteiger charge is 2.15. The third-order valence-electron chi connectivity index (χ3n) is 2.67. The number of allylic oxidation sites excluding steroid dienone is 1. The fraction of sp³-hybridized carbons (Fsp3) is 0.250. The molecule has 0 fully saturated rings. The summed E-state index contributed by atoms with van der Waals surface area (Å²) in [6.07, 6.45) is 4.72. The summed E-state index contributed by atoms with van der Waals surface area (Å²) in [5, 5.41) is 11.5. The molecule has 0 amide bonds. The number of fused-ring (bicyclic) bond motifs is 1. The molecule has 0 spiro atoms. The lowest BCUT2D eigenvalue weighted by atomic mass is 10.0. The van der Waals surface area contributed by atoms with Crippen LogP contribution in [-0.4, -0.2) is 11.4 Å². The van der Waals surface area contributed by atoms with Gasteiger partial charge in [-0.1, -0.05) is 42.8 Å². The molecule has 72 valence electrons. The second-order valence-electron chi connectivity index (χ2n) is 3.65. The standard InChI is InChI=1S/C12H13NO/c1-9(8-13-14)12-6-10-4-2-3-5-11(10)7-12/h2-6,8-9,14H,7H2,1H3. The predicted octanol–water partition coefficient (Wildman–Crippen LogP) is 2.72. The Labute approximate surface area is 83.6 Å². The van der Waals surface area contributed by atoms with Crippen LogP contribution in [0.25, 0.3) is 6.08 Å². The van der Waals surface area contributed by atoms with Crippen molar-refractivity contribution in [3.05, 3.63) is 41.0 Å². The third-order valence-corrected chi connectivity index (χ3v) is 2.67. The Morgan fingerprint density at radius 2 is 2.21 bits per heavy atom. The van der Waals surface area contributed by atoms with E-state index in [2.05, 4.69) is 29.4 Å². The van der Waals surface area contributed by atoms with Gasteiger partial charge in [0.1, 0.15) is 0 Å². The minimum atomic E-state index is 0.215.